The molecule has 0 aromatic heterocycles. The van der Waals surface area contributed by atoms with Crippen molar-refractivity contribution in [2.24, 2.45) is 28.8 Å². The van der Waals surface area contributed by atoms with Crippen LogP contribution in [0.1, 0.15) is 43.6 Å². The Bertz CT molecular complexity index is 554. The van der Waals surface area contributed by atoms with Crippen LogP contribution in [0.2, 0.25) is 0 Å². The van der Waals surface area contributed by atoms with Crippen LogP contribution in [-0.4, -0.2) is 12.1 Å². The lowest BCUT2D eigenvalue weighted by atomic mass is 9.90. The molecule has 1 N–H and O–H groups in total. The fourth-order valence-electron chi connectivity index (χ4n) is 4.31. The van der Waals surface area contributed by atoms with Crippen molar-refractivity contribution in [1.82, 2.24) is 5.43 Å². The summed E-state index contributed by atoms with van der Waals surface area (Å²) in [5, 5.41) is 4.24. The lowest BCUT2D eigenvalue weighted by molar-refractivity contribution is -0.122. The van der Waals surface area contributed by atoms with Gasteiger partial charge in [0.1, 0.15) is 0 Å². The molecule has 1 aromatic rings. The van der Waals surface area contributed by atoms with Gasteiger partial charge in [0.15, 0.2) is 0 Å². The van der Waals surface area contributed by atoms with Crippen LogP contribution in [0.15, 0.2) is 35.4 Å². The summed E-state index contributed by atoms with van der Waals surface area (Å²) in [6, 6.07) is 10.3. The number of hydrogen-bond donors (Lipinski definition) is 1. The molecule has 0 unspecified atom stereocenters. The highest BCUT2D eigenvalue weighted by Crippen LogP contribution is 2.48. The molecule has 110 valence electrons. The first-order chi connectivity index (χ1) is 10.3. The molecule has 1 amide bonds. The molecule has 3 aliphatic rings. The van der Waals surface area contributed by atoms with Gasteiger partial charge < -0.3 is 0 Å². The van der Waals surface area contributed by atoms with Crippen LogP contribution in [0.4, 0.5) is 0 Å². The average Bonchev–Trinajstić information content (AvgIpc) is 3.06. The van der Waals surface area contributed by atoms with Crippen LogP contribution in [0.5, 0.6) is 0 Å². The van der Waals surface area contributed by atoms with Gasteiger partial charge in [-0.3, -0.25) is 4.79 Å². The molecule has 0 saturated heterocycles. The molecule has 3 nitrogen and oxygen atoms in total. The second-order valence-corrected chi connectivity index (χ2v) is 6.95. The summed E-state index contributed by atoms with van der Waals surface area (Å²) >= 11 is 0. The second-order valence-electron chi connectivity index (χ2n) is 6.95. The van der Waals surface area contributed by atoms with Gasteiger partial charge in [-0.2, -0.15) is 5.10 Å². The van der Waals surface area contributed by atoms with Crippen LogP contribution in [0, 0.1) is 23.7 Å². The second kappa shape index (κ2) is 5.28. The summed E-state index contributed by atoms with van der Waals surface area (Å²) in [5.74, 6) is 2.95. The minimum absolute atomic E-state index is 0.0864. The van der Waals surface area contributed by atoms with Crippen LogP contribution < -0.4 is 5.43 Å². The van der Waals surface area contributed by atoms with E-state index in [9.17, 15) is 4.79 Å². The average molecular weight is 282 g/mol. The number of amides is 1. The Hall–Kier alpha value is -1.64. The lowest BCUT2D eigenvalue weighted by Crippen LogP contribution is -2.22. The van der Waals surface area contributed by atoms with E-state index in [0.717, 1.165) is 18.3 Å². The Kier molecular flexibility index (Phi) is 3.28. The molecule has 1 aromatic carbocycles. The predicted octanol–water partition coefficient (Wildman–Crippen LogP) is 3.33. The normalized spacial score (nSPS) is 37.0. The van der Waals surface area contributed by atoms with Gasteiger partial charge in [0.25, 0.3) is 0 Å². The minimum atomic E-state index is 0.0864. The molecule has 3 fully saturated rings. The largest absolute Gasteiger partial charge is 0.273 e. The number of benzene rings is 1. The molecule has 3 saturated carbocycles. The van der Waals surface area contributed by atoms with E-state index in [0.29, 0.717) is 11.8 Å². The maximum absolute atomic E-state index is 12.1. The first-order valence-corrected chi connectivity index (χ1v) is 8.19. The van der Waals surface area contributed by atoms with Gasteiger partial charge in [0.2, 0.25) is 5.91 Å². The first-order valence-electron chi connectivity index (χ1n) is 8.19. The Balaban J connectivity index is 1.28. The number of hydrazone groups is 1. The lowest BCUT2D eigenvalue weighted by Gasteiger charge is -2.16. The van der Waals surface area contributed by atoms with E-state index < -0.39 is 0 Å². The predicted molar refractivity (Wildman–Crippen MR) is 82.9 cm³/mol. The van der Waals surface area contributed by atoms with E-state index in [4.69, 9.17) is 0 Å². The van der Waals surface area contributed by atoms with Crippen molar-refractivity contribution in [2.75, 3.05) is 0 Å². The van der Waals surface area contributed by atoms with Crippen molar-refractivity contribution in [2.45, 2.75) is 38.0 Å². The number of carbonyl (C=O) groups excluding carboxylic acids is 1. The molecule has 0 spiro atoms. The zero-order valence-electron chi connectivity index (χ0n) is 12.2. The fraction of sp³-hybridized carbons (Fsp3) is 0.556. The Morgan fingerprint density at radius 2 is 2.00 bits per heavy atom. The third-order valence-corrected chi connectivity index (χ3v) is 5.59. The highest BCUT2D eigenvalue weighted by Gasteiger charge is 2.44. The number of fused-ring (bicyclic) bond motifs is 2. The first kappa shape index (κ1) is 13.1. The van der Waals surface area contributed by atoms with E-state index >= 15 is 0 Å². The monoisotopic (exact) mass is 282 g/mol. The molecular weight excluding hydrogens is 260 g/mol. The molecule has 3 aliphatic carbocycles. The molecule has 0 radical (unpaired) electrons. The van der Waals surface area contributed by atoms with Gasteiger partial charge in [0, 0.05) is 12.1 Å². The van der Waals surface area contributed by atoms with Crippen molar-refractivity contribution >= 4 is 12.1 Å². The third-order valence-electron chi connectivity index (χ3n) is 5.59. The number of nitrogens with zero attached hydrogens (tertiary/aromatic N) is 1. The SMILES string of the molecule is O=C(N/N=C\[C@H]1C[C@@H]2CC[C@@H]1C2)[C@H]1C[C@@H]1c1ccccc1. The maximum atomic E-state index is 12.1. The molecule has 21 heavy (non-hydrogen) atoms. The summed E-state index contributed by atoms with van der Waals surface area (Å²) in [6.07, 6.45) is 8.38. The smallest absolute Gasteiger partial charge is 0.243 e. The standard InChI is InChI=1S/C18H22N2O/c21-18(17-10-16(17)13-4-2-1-3-5-13)20-19-11-15-9-12-6-7-14(15)8-12/h1-5,11-12,14-17H,6-10H2,(H,20,21)/b19-11-/t12-,14-,15-,16-,17+/m1/s1. The fourth-order valence-corrected chi connectivity index (χ4v) is 4.31. The molecule has 2 bridgehead atoms. The summed E-state index contributed by atoms with van der Waals surface area (Å²) in [6.45, 7) is 0. The molecular formula is C18H22N2O. The van der Waals surface area contributed by atoms with Crippen molar-refractivity contribution in [1.29, 1.82) is 0 Å². The van der Waals surface area contributed by atoms with Crippen LogP contribution in [0.25, 0.3) is 0 Å². The summed E-state index contributed by atoms with van der Waals surface area (Å²) in [5.41, 5.74) is 4.03. The highest BCUT2D eigenvalue weighted by molar-refractivity contribution is 5.83. The van der Waals surface area contributed by atoms with Gasteiger partial charge in [-0.15, -0.1) is 0 Å². The van der Waals surface area contributed by atoms with E-state index in [1.165, 1.54) is 31.2 Å². The van der Waals surface area contributed by atoms with Crippen molar-refractivity contribution < 1.29 is 4.79 Å². The van der Waals surface area contributed by atoms with Gasteiger partial charge in [0.05, 0.1) is 0 Å². The third kappa shape index (κ3) is 2.61. The van der Waals surface area contributed by atoms with Gasteiger partial charge in [-0.05, 0) is 54.9 Å². The highest BCUT2D eigenvalue weighted by atomic mass is 16.2. The van der Waals surface area contributed by atoms with E-state index in [2.05, 4.69) is 22.7 Å². The number of rotatable bonds is 4. The number of carbonyl (C=O) groups is 1. The minimum Gasteiger partial charge on any atom is -0.273 e. The van der Waals surface area contributed by atoms with Crippen LogP contribution in [0.3, 0.4) is 0 Å². The van der Waals surface area contributed by atoms with Gasteiger partial charge in [-0.25, -0.2) is 5.43 Å². The quantitative estimate of drug-likeness (QED) is 0.668. The zero-order chi connectivity index (χ0) is 14.2. The van der Waals surface area contributed by atoms with Crippen LogP contribution >= 0.6 is 0 Å². The zero-order valence-corrected chi connectivity index (χ0v) is 12.2. The maximum Gasteiger partial charge on any atom is 0.243 e. The Morgan fingerprint density at radius 1 is 1.14 bits per heavy atom. The van der Waals surface area contributed by atoms with Crippen molar-refractivity contribution in [3.8, 4) is 0 Å². The van der Waals surface area contributed by atoms with Crippen LogP contribution in [-0.2, 0) is 4.79 Å². The Morgan fingerprint density at radius 3 is 2.71 bits per heavy atom. The summed E-state index contributed by atoms with van der Waals surface area (Å²) < 4.78 is 0. The molecule has 0 aliphatic heterocycles. The molecule has 3 heteroatoms. The molecule has 5 atom stereocenters. The topological polar surface area (TPSA) is 41.5 Å². The number of hydrogen-bond acceptors (Lipinski definition) is 2. The van der Waals surface area contributed by atoms with E-state index in [-0.39, 0.29) is 11.8 Å². The summed E-state index contributed by atoms with van der Waals surface area (Å²) in [4.78, 5) is 12.1. The number of nitrogens with one attached hydrogen (secondary N) is 1. The van der Waals surface area contributed by atoms with Crippen molar-refractivity contribution in [3.05, 3.63) is 35.9 Å². The molecule has 0 heterocycles. The Labute approximate surface area is 125 Å². The molecule has 4 rings (SSSR count). The van der Waals surface area contributed by atoms with Gasteiger partial charge in [-0.1, -0.05) is 36.8 Å². The van der Waals surface area contributed by atoms with Gasteiger partial charge >= 0.3 is 0 Å². The van der Waals surface area contributed by atoms with Crippen molar-refractivity contribution in [3.63, 3.8) is 0 Å². The van der Waals surface area contributed by atoms with E-state index in [1.54, 1.807) is 0 Å². The van der Waals surface area contributed by atoms with E-state index in [1.807, 2.05) is 24.4 Å². The summed E-state index contributed by atoms with van der Waals surface area (Å²) in [7, 11) is 0.